The van der Waals surface area contributed by atoms with Crippen LogP contribution in [0.2, 0.25) is 0 Å². The molecule has 0 bridgehead atoms. The first-order valence-electron chi connectivity index (χ1n) is 7.76. The second-order valence-corrected chi connectivity index (χ2v) is 6.74. The SMILES string of the molecule is Cn1ccnc1CN1CCN(CC2(C)CCNC2)CC1. The van der Waals surface area contributed by atoms with E-state index in [0.29, 0.717) is 5.41 Å². The van der Waals surface area contributed by atoms with E-state index < -0.39 is 0 Å². The average Bonchev–Trinajstić information content (AvgIpc) is 3.02. The van der Waals surface area contributed by atoms with Crippen LogP contribution in [-0.4, -0.2) is 65.2 Å². The van der Waals surface area contributed by atoms with Crippen molar-refractivity contribution in [1.29, 1.82) is 0 Å². The molecule has 2 saturated heterocycles. The summed E-state index contributed by atoms with van der Waals surface area (Å²) in [6.07, 6.45) is 5.24. The molecule has 2 aliphatic heterocycles. The second kappa shape index (κ2) is 5.84. The summed E-state index contributed by atoms with van der Waals surface area (Å²) in [4.78, 5) is 9.59. The minimum atomic E-state index is 0.488. The van der Waals surface area contributed by atoms with Gasteiger partial charge in [-0.2, -0.15) is 0 Å². The Kier molecular flexibility index (Phi) is 4.10. The molecule has 2 aliphatic rings. The molecule has 0 radical (unpaired) electrons. The minimum absolute atomic E-state index is 0.488. The third kappa shape index (κ3) is 3.22. The van der Waals surface area contributed by atoms with Crippen molar-refractivity contribution in [2.75, 3.05) is 45.8 Å². The Hall–Kier alpha value is -0.910. The van der Waals surface area contributed by atoms with Crippen LogP contribution in [0.5, 0.6) is 0 Å². The van der Waals surface area contributed by atoms with Crippen LogP contribution in [0.4, 0.5) is 0 Å². The van der Waals surface area contributed by atoms with E-state index in [-0.39, 0.29) is 0 Å². The van der Waals surface area contributed by atoms with Gasteiger partial charge in [-0.25, -0.2) is 4.98 Å². The number of hydrogen-bond acceptors (Lipinski definition) is 4. The maximum Gasteiger partial charge on any atom is 0.122 e. The molecule has 1 unspecified atom stereocenters. The van der Waals surface area contributed by atoms with E-state index in [1.54, 1.807) is 0 Å². The van der Waals surface area contributed by atoms with Crippen molar-refractivity contribution >= 4 is 0 Å². The van der Waals surface area contributed by atoms with Gasteiger partial charge in [0, 0.05) is 58.7 Å². The van der Waals surface area contributed by atoms with Crippen LogP contribution in [0, 0.1) is 5.41 Å². The minimum Gasteiger partial charge on any atom is -0.337 e. The third-order valence-corrected chi connectivity index (χ3v) is 4.81. The molecule has 0 aliphatic carbocycles. The van der Waals surface area contributed by atoms with Gasteiger partial charge in [0.25, 0.3) is 0 Å². The lowest BCUT2D eigenvalue weighted by atomic mass is 9.89. The number of hydrogen-bond donors (Lipinski definition) is 1. The largest absolute Gasteiger partial charge is 0.337 e. The van der Waals surface area contributed by atoms with Gasteiger partial charge < -0.3 is 14.8 Å². The molecule has 3 heterocycles. The van der Waals surface area contributed by atoms with E-state index in [2.05, 4.69) is 38.6 Å². The molecule has 112 valence electrons. The van der Waals surface area contributed by atoms with Crippen LogP contribution in [0.3, 0.4) is 0 Å². The number of aryl methyl sites for hydroxylation is 1. The first kappa shape index (κ1) is 14.0. The van der Waals surface area contributed by atoms with Crippen molar-refractivity contribution in [3.8, 4) is 0 Å². The summed E-state index contributed by atoms with van der Waals surface area (Å²) in [7, 11) is 2.08. The summed E-state index contributed by atoms with van der Waals surface area (Å²) in [6, 6.07) is 0. The summed E-state index contributed by atoms with van der Waals surface area (Å²) in [5.74, 6) is 1.17. The summed E-state index contributed by atoms with van der Waals surface area (Å²) in [5, 5.41) is 3.50. The van der Waals surface area contributed by atoms with Crippen molar-refractivity contribution in [3.05, 3.63) is 18.2 Å². The molecule has 3 rings (SSSR count). The summed E-state index contributed by atoms with van der Waals surface area (Å²) in [6.45, 7) is 11.7. The number of piperazine rings is 1. The summed E-state index contributed by atoms with van der Waals surface area (Å²) >= 11 is 0. The molecule has 20 heavy (non-hydrogen) atoms. The number of imidazole rings is 1. The van der Waals surface area contributed by atoms with Crippen molar-refractivity contribution in [1.82, 2.24) is 24.7 Å². The van der Waals surface area contributed by atoms with E-state index in [9.17, 15) is 0 Å². The second-order valence-electron chi connectivity index (χ2n) is 6.74. The van der Waals surface area contributed by atoms with Crippen LogP contribution >= 0.6 is 0 Å². The maximum absolute atomic E-state index is 4.42. The van der Waals surface area contributed by atoms with Crippen molar-refractivity contribution in [2.45, 2.75) is 19.9 Å². The molecule has 1 aromatic rings. The number of rotatable bonds is 4. The van der Waals surface area contributed by atoms with Gasteiger partial charge in [0.05, 0.1) is 6.54 Å². The third-order valence-electron chi connectivity index (χ3n) is 4.81. The van der Waals surface area contributed by atoms with E-state index in [0.717, 1.165) is 19.6 Å². The summed E-state index contributed by atoms with van der Waals surface area (Å²) in [5.41, 5.74) is 0.488. The van der Waals surface area contributed by atoms with Crippen molar-refractivity contribution < 1.29 is 0 Å². The maximum atomic E-state index is 4.42. The van der Waals surface area contributed by atoms with Gasteiger partial charge in [-0.15, -0.1) is 0 Å². The molecule has 0 spiro atoms. The molecule has 1 aromatic heterocycles. The molecule has 0 amide bonds. The predicted molar refractivity (Wildman–Crippen MR) is 80.5 cm³/mol. The zero-order chi connectivity index (χ0) is 14.0. The zero-order valence-corrected chi connectivity index (χ0v) is 12.8. The molecule has 2 fully saturated rings. The fraction of sp³-hybridized carbons (Fsp3) is 0.800. The topological polar surface area (TPSA) is 36.3 Å². The highest BCUT2D eigenvalue weighted by Gasteiger charge is 2.31. The molecule has 1 atom stereocenters. The molecule has 5 heteroatoms. The van der Waals surface area contributed by atoms with Crippen LogP contribution in [-0.2, 0) is 13.6 Å². The Balaban J connectivity index is 1.46. The van der Waals surface area contributed by atoms with E-state index in [4.69, 9.17) is 0 Å². The fourth-order valence-corrected chi connectivity index (χ4v) is 3.40. The molecule has 5 nitrogen and oxygen atoms in total. The normalized spacial score (nSPS) is 29.1. The van der Waals surface area contributed by atoms with Gasteiger partial charge in [0.15, 0.2) is 0 Å². The van der Waals surface area contributed by atoms with Gasteiger partial charge in [0.2, 0.25) is 0 Å². The van der Waals surface area contributed by atoms with E-state index >= 15 is 0 Å². The van der Waals surface area contributed by atoms with E-state index in [1.807, 2.05) is 12.4 Å². The van der Waals surface area contributed by atoms with Crippen LogP contribution in [0.25, 0.3) is 0 Å². The lowest BCUT2D eigenvalue weighted by Crippen LogP contribution is -2.49. The standard InChI is InChI=1S/C15H27N5/c1-15(3-4-16-12-15)13-20-9-7-19(8-10-20)11-14-17-5-6-18(14)2/h5-6,16H,3-4,7-13H2,1-2H3. The summed E-state index contributed by atoms with van der Waals surface area (Å²) < 4.78 is 2.12. The van der Waals surface area contributed by atoms with Crippen LogP contribution < -0.4 is 5.32 Å². The van der Waals surface area contributed by atoms with Crippen LogP contribution in [0.1, 0.15) is 19.2 Å². The number of aromatic nitrogens is 2. The van der Waals surface area contributed by atoms with Crippen molar-refractivity contribution in [3.63, 3.8) is 0 Å². The molecule has 0 aromatic carbocycles. The Morgan fingerprint density at radius 3 is 2.60 bits per heavy atom. The first-order valence-corrected chi connectivity index (χ1v) is 7.76. The highest BCUT2D eigenvalue weighted by atomic mass is 15.3. The molecule has 0 saturated carbocycles. The lowest BCUT2D eigenvalue weighted by molar-refractivity contribution is 0.0914. The van der Waals surface area contributed by atoms with Gasteiger partial charge in [-0.3, -0.25) is 4.90 Å². The number of nitrogens with one attached hydrogen (secondary N) is 1. The van der Waals surface area contributed by atoms with E-state index in [1.165, 1.54) is 45.0 Å². The Bertz CT molecular complexity index is 427. The lowest BCUT2D eigenvalue weighted by Gasteiger charge is -2.38. The van der Waals surface area contributed by atoms with Gasteiger partial charge >= 0.3 is 0 Å². The quantitative estimate of drug-likeness (QED) is 0.871. The Morgan fingerprint density at radius 1 is 1.25 bits per heavy atom. The van der Waals surface area contributed by atoms with Crippen molar-refractivity contribution in [2.24, 2.45) is 12.5 Å². The highest BCUT2D eigenvalue weighted by molar-refractivity contribution is 4.92. The average molecular weight is 277 g/mol. The Morgan fingerprint density at radius 2 is 2.00 bits per heavy atom. The van der Waals surface area contributed by atoms with Gasteiger partial charge in [-0.05, 0) is 18.4 Å². The number of nitrogens with zero attached hydrogens (tertiary/aromatic N) is 4. The first-order chi connectivity index (χ1) is 9.65. The predicted octanol–water partition coefficient (Wildman–Crippen LogP) is 0.537. The molecular formula is C15H27N5. The molecular weight excluding hydrogens is 250 g/mol. The zero-order valence-electron chi connectivity index (χ0n) is 12.8. The smallest absolute Gasteiger partial charge is 0.122 e. The van der Waals surface area contributed by atoms with Gasteiger partial charge in [0.1, 0.15) is 5.82 Å². The Labute approximate surface area is 122 Å². The monoisotopic (exact) mass is 277 g/mol. The van der Waals surface area contributed by atoms with Gasteiger partial charge in [-0.1, -0.05) is 6.92 Å². The fourth-order valence-electron chi connectivity index (χ4n) is 3.40. The molecule has 1 N–H and O–H groups in total. The highest BCUT2D eigenvalue weighted by Crippen LogP contribution is 2.26. The van der Waals surface area contributed by atoms with Crippen LogP contribution in [0.15, 0.2) is 12.4 Å².